The fourth-order valence-corrected chi connectivity index (χ4v) is 3.73. The molecule has 3 aromatic rings. The molecular weight excluding hydrogens is 382 g/mol. The summed E-state index contributed by atoms with van der Waals surface area (Å²) < 4.78 is 1.98. The van der Waals surface area contributed by atoms with Gasteiger partial charge in [0.05, 0.1) is 0 Å². The van der Waals surface area contributed by atoms with Crippen LogP contribution < -0.4 is 10.6 Å². The highest BCUT2D eigenvalue weighted by molar-refractivity contribution is 7.98. The number of fused-ring (bicyclic) bond motifs is 1. The Bertz CT molecular complexity index is 957. The maximum atomic E-state index is 4.73. The molecule has 0 aliphatic rings. The van der Waals surface area contributed by atoms with Crippen molar-refractivity contribution in [1.82, 2.24) is 30.4 Å². The van der Waals surface area contributed by atoms with Gasteiger partial charge in [-0.05, 0) is 50.3 Å². The minimum absolute atomic E-state index is 0.501. The molecule has 0 radical (unpaired) electrons. The third kappa shape index (κ3) is 5.53. The van der Waals surface area contributed by atoms with E-state index in [1.165, 1.54) is 22.2 Å². The van der Waals surface area contributed by atoms with E-state index in [1.54, 1.807) is 0 Å². The number of guanidine groups is 1. The van der Waals surface area contributed by atoms with Crippen LogP contribution in [0.25, 0.3) is 10.9 Å². The lowest BCUT2D eigenvalue weighted by atomic mass is 10.1. The van der Waals surface area contributed by atoms with Crippen molar-refractivity contribution < 1.29 is 0 Å². The first kappa shape index (κ1) is 21.2. The van der Waals surface area contributed by atoms with Gasteiger partial charge < -0.3 is 20.2 Å². The summed E-state index contributed by atoms with van der Waals surface area (Å²) in [5.74, 6) is 3.72. The highest BCUT2D eigenvalue weighted by Gasteiger charge is 2.09. The molecule has 0 amide bonds. The van der Waals surface area contributed by atoms with Crippen LogP contribution in [-0.4, -0.2) is 50.8 Å². The first-order valence-corrected chi connectivity index (χ1v) is 11.4. The fraction of sp³-hybridized carbons (Fsp3) is 0.476. The Kier molecular flexibility index (Phi) is 7.57. The largest absolute Gasteiger partial charge is 0.358 e. The van der Waals surface area contributed by atoms with Gasteiger partial charge in [-0.15, -0.1) is 10.2 Å². The standard InChI is InChI=1S/C21H31N7S/c1-15-17(18-8-5-6-9-19(18)25-15)10-12-23-21(22-11-7-13-29-4)24-14-20-27-26-16(2)28(20)3/h5-6,8-9,25H,7,10-14H2,1-4H3,(H2,22,23,24). The normalized spacial score (nSPS) is 11.9. The number of hydrogen-bond donors (Lipinski definition) is 3. The number of thioether (sulfide) groups is 1. The number of rotatable bonds is 9. The molecule has 1 aromatic carbocycles. The summed E-state index contributed by atoms with van der Waals surface area (Å²) in [6.07, 6.45) is 4.17. The zero-order chi connectivity index (χ0) is 20.6. The van der Waals surface area contributed by atoms with Crippen molar-refractivity contribution in [2.75, 3.05) is 25.1 Å². The van der Waals surface area contributed by atoms with Crippen LogP contribution in [0.5, 0.6) is 0 Å². The Balaban J connectivity index is 1.63. The maximum absolute atomic E-state index is 4.73. The molecule has 0 aliphatic carbocycles. The second-order valence-electron chi connectivity index (χ2n) is 7.11. The number of aryl methyl sites for hydroxylation is 2. The first-order chi connectivity index (χ1) is 14.1. The lowest BCUT2D eigenvalue weighted by Gasteiger charge is -2.13. The molecule has 0 unspecified atom stereocenters. The van der Waals surface area contributed by atoms with E-state index in [0.29, 0.717) is 6.54 Å². The van der Waals surface area contributed by atoms with Crippen molar-refractivity contribution in [3.05, 3.63) is 47.2 Å². The number of nitrogens with one attached hydrogen (secondary N) is 3. The number of aromatic amines is 1. The van der Waals surface area contributed by atoms with E-state index in [2.05, 4.69) is 63.3 Å². The van der Waals surface area contributed by atoms with E-state index < -0.39 is 0 Å². The van der Waals surface area contributed by atoms with Gasteiger partial charge in [0.2, 0.25) is 0 Å². The molecule has 2 heterocycles. The SMILES string of the molecule is CSCCCNC(=NCc1nnc(C)n1C)NCCc1c(C)[nH]c2ccccc12. The number of nitrogens with zero attached hydrogens (tertiary/aromatic N) is 4. The van der Waals surface area contributed by atoms with Crippen LogP contribution in [0.1, 0.15) is 29.3 Å². The second kappa shape index (κ2) is 10.3. The summed E-state index contributed by atoms with van der Waals surface area (Å²) in [6, 6.07) is 8.47. The maximum Gasteiger partial charge on any atom is 0.191 e. The van der Waals surface area contributed by atoms with E-state index in [1.807, 2.05) is 30.3 Å². The number of para-hydroxylation sites is 1. The zero-order valence-corrected chi connectivity index (χ0v) is 18.6. The van der Waals surface area contributed by atoms with E-state index in [9.17, 15) is 0 Å². The lowest BCUT2D eigenvalue weighted by Crippen LogP contribution is -2.39. The zero-order valence-electron chi connectivity index (χ0n) is 17.7. The average molecular weight is 414 g/mol. The minimum atomic E-state index is 0.501. The van der Waals surface area contributed by atoms with Gasteiger partial charge in [-0.1, -0.05) is 18.2 Å². The first-order valence-electron chi connectivity index (χ1n) is 10.0. The summed E-state index contributed by atoms with van der Waals surface area (Å²) >= 11 is 1.86. The summed E-state index contributed by atoms with van der Waals surface area (Å²) in [7, 11) is 1.97. The fourth-order valence-electron chi connectivity index (χ4n) is 3.30. The number of H-pyrrole nitrogens is 1. The van der Waals surface area contributed by atoms with Crippen LogP contribution in [0.2, 0.25) is 0 Å². The van der Waals surface area contributed by atoms with E-state index in [4.69, 9.17) is 4.99 Å². The van der Waals surface area contributed by atoms with Crippen LogP contribution in [0.15, 0.2) is 29.3 Å². The molecule has 0 bridgehead atoms. The topological polar surface area (TPSA) is 82.9 Å². The van der Waals surface area contributed by atoms with Crippen LogP contribution in [0.4, 0.5) is 0 Å². The van der Waals surface area contributed by atoms with Gasteiger partial charge in [0.15, 0.2) is 11.8 Å². The van der Waals surface area contributed by atoms with Crippen molar-refractivity contribution >= 4 is 28.6 Å². The van der Waals surface area contributed by atoms with Crippen molar-refractivity contribution in [1.29, 1.82) is 0 Å². The highest BCUT2D eigenvalue weighted by atomic mass is 32.2. The molecule has 0 saturated heterocycles. The van der Waals surface area contributed by atoms with Gasteiger partial charge in [-0.2, -0.15) is 11.8 Å². The predicted octanol–water partition coefficient (Wildman–Crippen LogP) is 2.94. The lowest BCUT2D eigenvalue weighted by molar-refractivity contribution is 0.742. The Morgan fingerprint density at radius 1 is 1.17 bits per heavy atom. The summed E-state index contributed by atoms with van der Waals surface area (Å²) in [6.45, 7) is 6.30. The number of benzene rings is 1. The van der Waals surface area contributed by atoms with Crippen LogP contribution >= 0.6 is 11.8 Å². The molecule has 0 spiro atoms. The van der Waals surface area contributed by atoms with Gasteiger partial charge in [0.25, 0.3) is 0 Å². The Labute approximate surface area is 176 Å². The molecule has 0 saturated carbocycles. The monoisotopic (exact) mass is 413 g/mol. The molecule has 7 nitrogen and oxygen atoms in total. The van der Waals surface area contributed by atoms with Crippen LogP contribution in [0, 0.1) is 13.8 Å². The third-order valence-electron chi connectivity index (χ3n) is 5.07. The summed E-state index contributed by atoms with van der Waals surface area (Å²) in [5, 5.41) is 16.5. The minimum Gasteiger partial charge on any atom is -0.358 e. The van der Waals surface area contributed by atoms with Gasteiger partial charge in [-0.3, -0.25) is 0 Å². The van der Waals surface area contributed by atoms with Crippen molar-refractivity contribution in [2.24, 2.45) is 12.0 Å². The number of hydrogen-bond acceptors (Lipinski definition) is 4. The van der Waals surface area contributed by atoms with Gasteiger partial charge >= 0.3 is 0 Å². The van der Waals surface area contributed by atoms with Crippen molar-refractivity contribution in [2.45, 2.75) is 33.2 Å². The molecular formula is C21H31N7S. The van der Waals surface area contributed by atoms with Gasteiger partial charge in [0, 0.05) is 36.7 Å². The van der Waals surface area contributed by atoms with Crippen LogP contribution in [-0.2, 0) is 20.0 Å². The molecule has 8 heteroatoms. The molecule has 156 valence electrons. The summed E-state index contributed by atoms with van der Waals surface area (Å²) in [4.78, 5) is 8.20. The Hall–Kier alpha value is -2.48. The predicted molar refractivity (Wildman–Crippen MR) is 123 cm³/mol. The van der Waals surface area contributed by atoms with E-state index in [0.717, 1.165) is 49.3 Å². The van der Waals surface area contributed by atoms with Gasteiger partial charge in [0.1, 0.15) is 12.4 Å². The highest BCUT2D eigenvalue weighted by Crippen LogP contribution is 2.21. The quantitative estimate of drug-likeness (QED) is 0.285. The molecule has 2 aromatic heterocycles. The van der Waals surface area contributed by atoms with Gasteiger partial charge in [-0.25, -0.2) is 4.99 Å². The average Bonchev–Trinajstić information content (AvgIpc) is 3.21. The van der Waals surface area contributed by atoms with Crippen LogP contribution in [0.3, 0.4) is 0 Å². The molecule has 0 aliphatic heterocycles. The number of aliphatic imine (C=N–C) groups is 1. The molecule has 29 heavy (non-hydrogen) atoms. The Morgan fingerprint density at radius 3 is 2.72 bits per heavy atom. The Morgan fingerprint density at radius 2 is 1.97 bits per heavy atom. The smallest absolute Gasteiger partial charge is 0.191 e. The van der Waals surface area contributed by atoms with Crippen molar-refractivity contribution in [3.63, 3.8) is 0 Å². The van der Waals surface area contributed by atoms with E-state index in [-0.39, 0.29) is 0 Å². The summed E-state index contributed by atoms with van der Waals surface area (Å²) in [5.41, 5.74) is 3.79. The second-order valence-corrected chi connectivity index (χ2v) is 8.10. The molecule has 0 fully saturated rings. The molecule has 3 N–H and O–H groups in total. The molecule has 3 rings (SSSR count). The third-order valence-corrected chi connectivity index (χ3v) is 5.77. The molecule has 0 atom stereocenters. The number of aromatic nitrogens is 4. The van der Waals surface area contributed by atoms with Crippen molar-refractivity contribution in [3.8, 4) is 0 Å². The van der Waals surface area contributed by atoms with E-state index >= 15 is 0 Å².